The lowest BCUT2D eigenvalue weighted by molar-refractivity contribution is 0.0747. The molecule has 1 heterocycles. The van der Waals surface area contributed by atoms with Crippen molar-refractivity contribution in [2.75, 3.05) is 13.6 Å². The zero-order valence-corrected chi connectivity index (χ0v) is 11.3. The first kappa shape index (κ1) is 14.2. The number of nitrogens with two attached hydrogens (primary N) is 1. The summed E-state index contributed by atoms with van der Waals surface area (Å²) in [5, 5.41) is 10.4. The van der Waals surface area contributed by atoms with Crippen LogP contribution < -0.4 is 5.73 Å². The Kier molecular flexibility index (Phi) is 5.38. The normalized spacial score (nSPS) is 11.0. The van der Waals surface area contributed by atoms with E-state index in [1.54, 1.807) is 23.4 Å². The second kappa shape index (κ2) is 6.80. The number of rotatable bonds is 3. The topological polar surface area (TPSA) is 70.1 Å². The summed E-state index contributed by atoms with van der Waals surface area (Å²) in [6.07, 6.45) is 0.326. The van der Waals surface area contributed by atoms with E-state index < -0.39 is 0 Å². The Labute approximate surface area is 111 Å². The van der Waals surface area contributed by atoms with Gasteiger partial charge in [-0.05, 0) is 13.0 Å². The van der Waals surface area contributed by atoms with Gasteiger partial charge in [0.1, 0.15) is 0 Å². The second-order valence-electron chi connectivity index (χ2n) is 3.83. The Hall–Kier alpha value is -1.82. The third kappa shape index (κ3) is 3.59. The molecule has 0 aliphatic rings. The maximum atomic E-state index is 12.1. The quantitative estimate of drug-likeness (QED) is 0.837. The average molecular weight is 261 g/mol. The van der Waals surface area contributed by atoms with Crippen LogP contribution >= 0.6 is 11.3 Å². The number of thiophene rings is 1. The molecular weight excluding hydrogens is 246 g/mol. The van der Waals surface area contributed by atoms with Crippen LogP contribution in [0.4, 0.5) is 0 Å². The lowest BCUT2D eigenvalue weighted by atomic mass is 10.2. The van der Waals surface area contributed by atoms with Crippen LogP contribution in [0.3, 0.4) is 0 Å². The number of amides is 1. The van der Waals surface area contributed by atoms with Gasteiger partial charge in [-0.25, -0.2) is 0 Å². The molecule has 94 valence electrons. The summed E-state index contributed by atoms with van der Waals surface area (Å²) in [4.78, 5) is 14.5. The fraction of sp³-hybridized carbons (Fsp3) is 0.385. The molecule has 1 rings (SSSR count). The van der Waals surface area contributed by atoms with Crippen LogP contribution in [-0.4, -0.2) is 30.4 Å². The Balaban J connectivity index is 2.78. The largest absolute Gasteiger partial charge is 0.338 e. The summed E-state index contributed by atoms with van der Waals surface area (Å²) in [5.41, 5.74) is 5.89. The summed E-state index contributed by atoms with van der Waals surface area (Å²) in [6.45, 7) is 2.16. The molecule has 0 saturated heterocycles. The molecule has 0 bridgehead atoms. The second-order valence-corrected chi connectivity index (χ2v) is 4.74. The highest BCUT2D eigenvalue weighted by atomic mass is 32.1. The lowest BCUT2D eigenvalue weighted by Gasteiger charge is -2.22. The molecule has 5 heteroatoms. The molecule has 0 fully saturated rings. The molecule has 0 aromatic carbocycles. The van der Waals surface area contributed by atoms with E-state index in [9.17, 15) is 4.79 Å². The molecule has 0 aliphatic carbocycles. The van der Waals surface area contributed by atoms with Crippen LogP contribution in [0.2, 0.25) is 0 Å². The van der Waals surface area contributed by atoms with E-state index in [1.165, 1.54) is 11.3 Å². The van der Waals surface area contributed by atoms with Crippen molar-refractivity contribution in [2.45, 2.75) is 19.4 Å². The van der Waals surface area contributed by atoms with Crippen LogP contribution in [0, 0.1) is 23.2 Å². The van der Waals surface area contributed by atoms with Crippen molar-refractivity contribution < 1.29 is 4.79 Å². The summed E-state index contributed by atoms with van der Waals surface area (Å²) in [7, 11) is 1.70. The van der Waals surface area contributed by atoms with Gasteiger partial charge in [0.25, 0.3) is 5.91 Å². The Morgan fingerprint density at radius 1 is 1.67 bits per heavy atom. The lowest BCUT2D eigenvalue weighted by Crippen LogP contribution is -2.34. The van der Waals surface area contributed by atoms with E-state index in [0.717, 1.165) is 4.88 Å². The van der Waals surface area contributed by atoms with Crippen LogP contribution in [0.25, 0.3) is 0 Å². The number of hydrogen-bond acceptors (Lipinski definition) is 4. The first-order chi connectivity index (χ1) is 8.60. The third-order valence-electron chi connectivity index (χ3n) is 2.53. The van der Waals surface area contributed by atoms with Crippen molar-refractivity contribution in [3.63, 3.8) is 0 Å². The maximum Gasteiger partial charge on any atom is 0.254 e. The summed E-state index contributed by atoms with van der Waals surface area (Å²) >= 11 is 1.42. The SMILES string of the molecule is CC(CC#N)N(C)C(=O)c1csc(C#CCN)c1. The number of nitriles is 1. The van der Waals surface area contributed by atoms with Crippen molar-refractivity contribution in [2.24, 2.45) is 5.73 Å². The summed E-state index contributed by atoms with van der Waals surface area (Å²) in [5.74, 6) is 5.55. The maximum absolute atomic E-state index is 12.1. The third-order valence-corrected chi connectivity index (χ3v) is 3.37. The number of carbonyl (C=O) groups is 1. The predicted octanol–water partition coefficient (Wildman–Crippen LogP) is 1.43. The molecule has 1 aromatic rings. The summed E-state index contributed by atoms with van der Waals surface area (Å²) in [6, 6.07) is 3.72. The number of hydrogen-bond donors (Lipinski definition) is 1. The number of nitrogens with zero attached hydrogens (tertiary/aromatic N) is 2. The van der Waals surface area contributed by atoms with E-state index in [2.05, 4.69) is 17.9 Å². The molecule has 0 radical (unpaired) electrons. The van der Waals surface area contributed by atoms with Gasteiger partial charge in [0.2, 0.25) is 0 Å². The van der Waals surface area contributed by atoms with Crippen molar-refractivity contribution in [1.29, 1.82) is 5.26 Å². The number of carbonyl (C=O) groups excluding carboxylic acids is 1. The molecule has 1 atom stereocenters. The van der Waals surface area contributed by atoms with Gasteiger partial charge in [0.15, 0.2) is 0 Å². The van der Waals surface area contributed by atoms with Crippen LogP contribution in [0.1, 0.15) is 28.6 Å². The van der Waals surface area contributed by atoms with E-state index in [1.807, 2.05) is 6.92 Å². The molecule has 0 spiro atoms. The monoisotopic (exact) mass is 261 g/mol. The molecule has 1 aromatic heterocycles. The smallest absolute Gasteiger partial charge is 0.254 e. The van der Waals surface area contributed by atoms with Gasteiger partial charge in [0, 0.05) is 18.5 Å². The minimum atomic E-state index is -0.0963. The molecule has 1 unspecified atom stereocenters. The van der Waals surface area contributed by atoms with Gasteiger partial charge >= 0.3 is 0 Å². The van der Waals surface area contributed by atoms with Crippen molar-refractivity contribution in [3.8, 4) is 17.9 Å². The van der Waals surface area contributed by atoms with Crippen molar-refractivity contribution >= 4 is 17.2 Å². The van der Waals surface area contributed by atoms with Gasteiger partial charge in [-0.1, -0.05) is 11.8 Å². The van der Waals surface area contributed by atoms with E-state index in [4.69, 9.17) is 11.0 Å². The van der Waals surface area contributed by atoms with Crippen LogP contribution in [-0.2, 0) is 0 Å². The minimum absolute atomic E-state index is 0.0881. The Morgan fingerprint density at radius 2 is 2.39 bits per heavy atom. The van der Waals surface area contributed by atoms with Gasteiger partial charge in [-0.3, -0.25) is 4.79 Å². The highest BCUT2D eigenvalue weighted by Gasteiger charge is 2.18. The van der Waals surface area contributed by atoms with E-state index in [-0.39, 0.29) is 11.9 Å². The molecule has 1 amide bonds. The van der Waals surface area contributed by atoms with Crippen LogP contribution in [0.15, 0.2) is 11.4 Å². The first-order valence-electron chi connectivity index (χ1n) is 5.51. The Morgan fingerprint density at radius 3 is 3.00 bits per heavy atom. The molecule has 0 aliphatic heterocycles. The van der Waals surface area contributed by atoms with Gasteiger partial charge < -0.3 is 10.6 Å². The minimum Gasteiger partial charge on any atom is -0.338 e. The summed E-state index contributed by atoms with van der Waals surface area (Å²) < 4.78 is 0. The fourth-order valence-electron chi connectivity index (χ4n) is 1.32. The van der Waals surface area contributed by atoms with E-state index in [0.29, 0.717) is 18.5 Å². The zero-order chi connectivity index (χ0) is 13.5. The molecule has 4 nitrogen and oxygen atoms in total. The Bertz CT molecular complexity index is 518. The van der Waals surface area contributed by atoms with Crippen molar-refractivity contribution in [3.05, 3.63) is 21.9 Å². The van der Waals surface area contributed by atoms with Gasteiger partial charge in [-0.2, -0.15) is 5.26 Å². The first-order valence-corrected chi connectivity index (χ1v) is 6.39. The molecule has 0 saturated carbocycles. The molecule has 2 N–H and O–H groups in total. The standard InChI is InChI=1S/C13H15N3OS/c1-10(5-7-15)16(2)13(17)11-8-12(18-9-11)4-3-6-14/h8-10H,5-6,14H2,1-2H3. The van der Waals surface area contributed by atoms with Gasteiger partial charge in [0.05, 0.1) is 29.5 Å². The zero-order valence-electron chi connectivity index (χ0n) is 10.4. The van der Waals surface area contributed by atoms with Crippen molar-refractivity contribution in [1.82, 2.24) is 4.90 Å². The van der Waals surface area contributed by atoms with E-state index >= 15 is 0 Å². The highest BCUT2D eigenvalue weighted by molar-refractivity contribution is 7.10. The van der Waals surface area contributed by atoms with Gasteiger partial charge in [-0.15, -0.1) is 11.3 Å². The average Bonchev–Trinajstić information content (AvgIpc) is 2.83. The predicted molar refractivity (Wildman–Crippen MR) is 72.0 cm³/mol. The van der Waals surface area contributed by atoms with Crippen LogP contribution in [0.5, 0.6) is 0 Å². The highest BCUT2D eigenvalue weighted by Crippen LogP contribution is 2.16. The molecule has 18 heavy (non-hydrogen) atoms. The fourth-order valence-corrected chi connectivity index (χ4v) is 2.07. The molecular formula is C13H15N3OS.